The number of nitrogens with zero attached hydrogens (tertiary/aromatic N) is 2. The van der Waals surface area contributed by atoms with E-state index in [0.717, 1.165) is 25.0 Å². The second kappa shape index (κ2) is 9.92. The van der Waals surface area contributed by atoms with Crippen molar-refractivity contribution in [3.05, 3.63) is 18.0 Å². The van der Waals surface area contributed by atoms with Crippen molar-refractivity contribution in [3.8, 4) is 0 Å². The lowest BCUT2D eigenvalue weighted by Crippen LogP contribution is -2.43. The highest BCUT2D eigenvalue weighted by Gasteiger charge is 2.22. The third-order valence-electron chi connectivity index (χ3n) is 3.77. The van der Waals surface area contributed by atoms with Crippen molar-refractivity contribution >= 4 is 0 Å². The predicted octanol–water partition coefficient (Wildman–Crippen LogP) is 2.77. The van der Waals surface area contributed by atoms with Crippen molar-refractivity contribution in [2.75, 3.05) is 20.3 Å². The molecule has 1 aromatic rings. The molecule has 0 spiro atoms. The van der Waals surface area contributed by atoms with Crippen molar-refractivity contribution in [1.29, 1.82) is 0 Å². The van der Waals surface area contributed by atoms with Crippen molar-refractivity contribution in [2.24, 2.45) is 0 Å². The Morgan fingerprint density at radius 2 is 1.76 bits per heavy atom. The molecule has 0 aliphatic carbocycles. The molecule has 0 aromatic carbocycles. The second-order valence-electron chi connectivity index (χ2n) is 5.14. The number of aromatic nitrogens is 2. The van der Waals surface area contributed by atoms with E-state index in [0.29, 0.717) is 19.3 Å². The van der Waals surface area contributed by atoms with E-state index in [1.54, 1.807) is 0 Å². The number of rotatable bonds is 11. The third-order valence-corrected chi connectivity index (χ3v) is 3.77. The maximum absolute atomic E-state index is 5.68. The summed E-state index contributed by atoms with van der Waals surface area (Å²) in [5.41, 5.74) is 1.07. The van der Waals surface area contributed by atoms with E-state index in [1.165, 1.54) is 0 Å². The predicted molar refractivity (Wildman–Crippen MR) is 85.4 cm³/mol. The van der Waals surface area contributed by atoms with Crippen molar-refractivity contribution in [3.63, 3.8) is 0 Å². The SMILES string of the molecule is CCOC(OCC)C(Cc1ccn(C(CC)CC)n1)NC. The van der Waals surface area contributed by atoms with Gasteiger partial charge >= 0.3 is 0 Å². The summed E-state index contributed by atoms with van der Waals surface area (Å²) in [7, 11) is 1.94. The Morgan fingerprint density at radius 1 is 1.14 bits per heavy atom. The maximum atomic E-state index is 5.68. The van der Waals surface area contributed by atoms with Crippen LogP contribution in [-0.2, 0) is 15.9 Å². The molecule has 1 aromatic heterocycles. The Morgan fingerprint density at radius 3 is 2.24 bits per heavy atom. The summed E-state index contributed by atoms with van der Waals surface area (Å²) < 4.78 is 13.5. The third kappa shape index (κ3) is 5.41. The summed E-state index contributed by atoms with van der Waals surface area (Å²) in [6, 6.07) is 2.69. The number of likely N-dealkylation sites (N-methyl/N-ethyl adjacent to an activating group) is 1. The Bertz CT molecular complexity index is 371. The molecule has 0 saturated carbocycles. The van der Waals surface area contributed by atoms with Gasteiger partial charge in [-0.1, -0.05) is 13.8 Å². The van der Waals surface area contributed by atoms with Crippen LogP contribution in [0, 0.1) is 0 Å². The minimum absolute atomic E-state index is 0.106. The Balaban J connectivity index is 2.71. The Kier molecular flexibility index (Phi) is 8.57. The van der Waals surface area contributed by atoms with Crippen LogP contribution in [0.15, 0.2) is 12.3 Å². The number of hydrogen-bond donors (Lipinski definition) is 1. The highest BCUT2D eigenvalue weighted by atomic mass is 16.7. The average molecular weight is 297 g/mol. The topological polar surface area (TPSA) is 48.3 Å². The number of nitrogens with one attached hydrogen (secondary N) is 1. The zero-order chi connectivity index (χ0) is 15.7. The molecular weight excluding hydrogens is 266 g/mol. The van der Waals surface area contributed by atoms with Gasteiger partial charge in [-0.05, 0) is 39.8 Å². The summed E-state index contributed by atoms with van der Waals surface area (Å²) >= 11 is 0. The minimum Gasteiger partial charge on any atom is -0.351 e. The Hall–Kier alpha value is -0.910. The Labute approximate surface area is 129 Å². The molecule has 0 radical (unpaired) electrons. The van der Waals surface area contributed by atoms with Gasteiger partial charge in [0.15, 0.2) is 6.29 Å². The van der Waals surface area contributed by atoms with Gasteiger partial charge in [-0.15, -0.1) is 0 Å². The molecular formula is C16H31N3O2. The molecule has 0 amide bonds. The molecule has 1 rings (SSSR count). The smallest absolute Gasteiger partial charge is 0.173 e. The molecule has 5 nitrogen and oxygen atoms in total. The van der Waals surface area contributed by atoms with Crippen LogP contribution < -0.4 is 5.32 Å². The van der Waals surface area contributed by atoms with Gasteiger partial charge in [-0.2, -0.15) is 5.10 Å². The van der Waals surface area contributed by atoms with E-state index < -0.39 is 0 Å². The van der Waals surface area contributed by atoms with Gasteiger partial charge in [0.2, 0.25) is 0 Å². The van der Waals surface area contributed by atoms with Gasteiger partial charge in [-0.25, -0.2) is 0 Å². The first kappa shape index (κ1) is 18.1. The maximum Gasteiger partial charge on any atom is 0.173 e. The van der Waals surface area contributed by atoms with E-state index in [2.05, 4.69) is 36.1 Å². The van der Waals surface area contributed by atoms with Gasteiger partial charge in [-0.3, -0.25) is 4.68 Å². The van der Waals surface area contributed by atoms with E-state index in [-0.39, 0.29) is 12.3 Å². The van der Waals surface area contributed by atoms with Crippen LogP contribution in [0.5, 0.6) is 0 Å². The minimum atomic E-state index is -0.233. The van der Waals surface area contributed by atoms with Crippen LogP contribution in [-0.4, -0.2) is 42.4 Å². The monoisotopic (exact) mass is 297 g/mol. The lowest BCUT2D eigenvalue weighted by Gasteiger charge is -2.25. The normalized spacial score (nSPS) is 13.3. The van der Waals surface area contributed by atoms with Crippen LogP contribution in [0.1, 0.15) is 52.3 Å². The van der Waals surface area contributed by atoms with Crippen LogP contribution in [0.4, 0.5) is 0 Å². The van der Waals surface area contributed by atoms with Gasteiger partial charge in [0, 0.05) is 25.8 Å². The summed E-state index contributed by atoms with van der Waals surface area (Å²) in [6.45, 7) is 9.66. The largest absolute Gasteiger partial charge is 0.351 e. The molecule has 0 fully saturated rings. The number of ether oxygens (including phenoxy) is 2. The lowest BCUT2D eigenvalue weighted by molar-refractivity contribution is -0.152. The molecule has 0 aliphatic heterocycles. The summed E-state index contributed by atoms with van der Waals surface area (Å²) in [4.78, 5) is 0. The quantitative estimate of drug-likeness (QED) is 0.638. The first-order valence-electron chi connectivity index (χ1n) is 8.14. The standard InChI is InChI=1S/C16H31N3O2/c1-6-14(7-2)19-11-10-13(18-19)12-15(17-5)16(20-8-3)21-9-4/h10-11,14-17H,6-9,12H2,1-5H3. The molecule has 1 heterocycles. The van der Waals surface area contributed by atoms with Gasteiger partial charge in [0.05, 0.1) is 17.8 Å². The lowest BCUT2D eigenvalue weighted by atomic mass is 10.1. The van der Waals surface area contributed by atoms with E-state index in [4.69, 9.17) is 14.6 Å². The van der Waals surface area contributed by atoms with E-state index in [9.17, 15) is 0 Å². The highest BCUT2D eigenvalue weighted by molar-refractivity contribution is 5.03. The summed E-state index contributed by atoms with van der Waals surface area (Å²) in [5, 5.41) is 8.00. The molecule has 1 N–H and O–H groups in total. The van der Waals surface area contributed by atoms with Gasteiger partial charge in [0.1, 0.15) is 0 Å². The molecule has 0 aliphatic rings. The first-order chi connectivity index (χ1) is 10.2. The van der Waals surface area contributed by atoms with Crippen LogP contribution in [0.25, 0.3) is 0 Å². The average Bonchev–Trinajstić information content (AvgIpc) is 2.94. The van der Waals surface area contributed by atoms with Crippen LogP contribution in [0.3, 0.4) is 0 Å². The van der Waals surface area contributed by atoms with Gasteiger partial charge in [0.25, 0.3) is 0 Å². The fourth-order valence-corrected chi connectivity index (χ4v) is 2.52. The second-order valence-corrected chi connectivity index (χ2v) is 5.14. The fourth-order valence-electron chi connectivity index (χ4n) is 2.52. The molecule has 122 valence electrons. The van der Waals surface area contributed by atoms with Crippen molar-refractivity contribution in [1.82, 2.24) is 15.1 Å². The van der Waals surface area contributed by atoms with Crippen molar-refractivity contribution in [2.45, 2.75) is 65.3 Å². The molecule has 5 heteroatoms. The van der Waals surface area contributed by atoms with Crippen LogP contribution in [0.2, 0.25) is 0 Å². The zero-order valence-electron chi connectivity index (χ0n) is 14.1. The molecule has 21 heavy (non-hydrogen) atoms. The first-order valence-corrected chi connectivity index (χ1v) is 8.14. The summed E-state index contributed by atoms with van der Waals surface area (Å²) in [6.07, 6.45) is 4.86. The van der Waals surface area contributed by atoms with E-state index >= 15 is 0 Å². The molecule has 0 bridgehead atoms. The van der Waals surface area contributed by atoms with Gasteiger partial charge < -0.3 is 14.8 Å². The van der Waals surface area contributed by atoms with Crippen molar-refractivity contribution < 1.29 is 9.47 Å². The molecule has 1 atom stereocenters. The molecule has 0 saturated heterocycles. The fraction of sp³-hybridized carbons (Fsp3) is 0.812. The van der Waals surface area contributed by atoms with E-state index in [1.807, 2.05) is 20.9 Å². The molecule has 1 unspecified atom stereocenters. The zero-order valence-corrected chi connectivity index (χ0v) is 14.1. The summed E-state index contributed by atoms with van der Waals surface area (Å²) in [5.74, 6) is 0. The van der Waals surface area contributed by atoms with Crippen LogP contribution >= 0.6 is 0 Å². The highest BCUT2D eigenvalue weighted by Crippen LogP contribution is 2.16. The number of hydrogen-bond acceptors (Lipinski definition) is 4.